The molecule has 0 bridgehead atoms. The largest absolute Gasteiger partial charge is 0.397 e. The van der Waals surface area contributed by atoms with Crippen LogP contribution in [0.2, 0.25) is 0 Å². The molecule has 0 spiro atoms. The van der Waals surface area contributed by atoms with Gasteiger partial charge in [-0.2, -0.15) is 0 Å². The standard InChI is InChI=1S/C2H6O.B.3FH/c1-2-3;;;;/h3H,2H2,1H3;;3*1H. The van der Waals surface area contributed by atoms with Crippen LogP contribution in [0, 0.1) is 0 Å². The number of rotatable bonds is 0. The summed E-state index contributed by atoms with van der Waals surface area (Å²) in [5, 5.41) is 7.57. The topological polar surface area (TPSA) is 20.2 Å². The zero-order valence-corrected chi connectivity index (χ0v) is 3.96. The van der Waals surface area contributed by atoms with E-state index in [0.717, 1.165) is 0 Å². The SMILES string of the molecule is CCO.F.F.F.[B]. The Kier molecular flexibility index (Phi) is 2030. The first-order chi connectivity index (χ1) is 1.41. The van der Waals surface area contributed by atoms with Crippen molar-refractivity contribution < 1.29 is 19.2 Å². The Balaban J connectivity index is -0.00000000333. The van der Waals surface area contributed by atoms with Gasteiger partial charge in [-0.3, -0.25) is 14.1 Å². The number of halogens is 3. The Morgan fingerprint density at radius 3 is 1.14 bits per heavy atom. The highest BCUT2D eigenvalue weighted by atomic mass is 19.0. The molecule has 0 unspecified atom stereocenters. The number of aliphatic hydroxyl groups excluding tert-OH is 1. The monoisotopic (exact) mass is 117 g/mol. The van der Waals surface area contributed by atoms with E-state index in [2.05, 4.69) is 0 Å². The van der Waals surface area contributed by atoms with Gasteiger partial charge >= 0.3 is 0 Å². The molecule has 7 heavy (non-hydrogen) atoms. The molecular weight excluding hydrogens is 108 g/mol. The Hall–Kier alpha value is -0.185. The summed E-state index contributed by atoms with van der Waals surface area (Å²) >= 11 is 0. The van der Waals surface area contributed by atoms with Crippen LogP contribution in [0.25, 0.3) is 0 Å². The zero-order chi connectivity index (χ0) is 2.71. The highest BCUT2D eigenvalue weighted by Crippen LogP contribution is 1.30. The first-order valence-corrected chi connectivity index (χ1v) is 1.02. The number of hydrogen-bond donors (Lipinski definition) is 1. The summed E-state index contributed by atoms with van der Waals surface area (Å²) in [6.45, 7) is 1.93. The van der Waals surface area contributed by atoms with Gasteiger partial charge in [-0.25, -0.2) is 0 Å². The van der Waals surface area contributed by atoms with E-state index in [1.165, 1.54) is 0 Å². The maximum Gasteiger partial charge on any atom is 0.0402 e. The van der Waals surface area contributed by atoms with Crippen LogP contribution in [0.3, 0.4) is 0 Å². The molecule has 3 radical (unpaired) electrons. The van der Waals surface area contributed by atoms with E-state index in [1.807, 2.05) is 0 Å². The fourth-order valence-electron chi connectivity index (χ4n) is 0. The molecule has 0 aliphatic rings. The van der Waals surface area contributed by atoms with Gasteiger partial charge < -0.3 is 5.11 Å². The van der Waals surface area contributed by atoms with Crippen molar-refractivity contribution >= 4 is 8.41 Å². The van der Waals surface area contributed by atoms with Crippen LogP contribution in [0.4, 0.5) is 14.1 Å². The lowest BCUT2D eigenvalue weighted by Gasteiger charge is -1.52. The highest BCUT2D eigenvalue weighted by molar-refractivity contribution is 5.75. The van der Waals surface area contributed by atoms with Crippen molar-refractivity contribution in [3.63, 3.8) is 0 Å². The summed E-state index contributed by atoms with van der Waals surface area (Å²) in [6, 6.07) is 0. The van der Waals surface area contributed by atoms with Crippen LogP contribution >= 0.6 is 0 Å². The summed E-state index contributed by atoms with van der Waals surface area (Å²) in [6.07, 6.45) is 0. The Labute approximate surface area is 42.4 Å². The fourth-order valence-corrected chi connectivity index (χ4v) is 0. The maximum absolute atomic E-state index is 7.57. The van der Waals surface area contributed by atoms with Crippen molar-refractivity contribution in [2.45, 2.75) is 6.92 Å². The van der Waals surface area contributed by atoms with Crippen molar-refractivity contribution in [3.05, 3.63) is 0 Å². The second-order valence-electron chi connectivity index (χ2n) is 0.316. The minimum Gasteiger partial charge on any atom is -0.397 e. The van der Waals surface area contributed by atoms with Crippen molar-refractivity contribution in [1.29, 1.82) is 0 Å². The molecule has 0 atom stereocenters. The van der Waals surface area contributed by atoms with Gasteiger partial charge in [-0.15, -0.1) is 0 Å². The Morgan fingerprint density at radius 1 is 1.14 bits per heavy atom. The van der Waals surface area contributed by atoms with Crippen LogP contribution in [0.15, 0.2) is 0 Å². The molecule has 5 heteroatoms. The molecule has 0 saturated carbocycles. The summed E-state index contributed by atoms with van der Waals surface area (Å²) in [4.78, 5) is 0. The second-order valence-corrected chi connectivity index (χ2v) is 0.316. The van der Waals surface area contributed by atoms with Crippen molar-refractivity contribution in [3.8, 4) is 0 Å². The van der Waals surface area contributed by atoms with Gasteiger partial charge in [0.25, 0.3) is 0 Å². The second kappa shape index (κ2) is 203. The molecule has 1 N–H and O–H groups in total. The summed E-state index contributed by atoms with van der Waals surface area (Å²) in [5.41, 5.74) is 0. The average molecular weight is 117 g/mol. The number of hydrogen-bond acceptors (Lipinski definition) is 1. The van der Waals surface area contributed by atoms with Crippen molar-refractivity contribution in [1.82, 2.24) is 0 Å². The van der Waals surface area contributed by atoms with E-state index in [0.29, 0.717) is 0 Å². The van der Waals surface area contributed by atoms with Crippen LogP contribution in [0.5, 0.6) is 0 Å². The lowest BCUT2D eigenvalue weighted by atomic mass is 10.8. The molecule has 0 amide bonds. The van der Waals surface area contributed by atoms with Crippen molar-refractivity contribution in [2.75, 3.05) is 6.61 Å². The molecular formula is C2H9BF3O. The van der Waals surface area contributed by atoms with E-state index < -0.39 is 0 Å². The van der Waals surface area contributed by atoms with Gasteiger partial charge in [0.1, 0.15) is 0 Å². The van der Waals surface area contributed by atoms with Gasteiger partial charge in [0, 0.05) is 15.0 Å². The summed E-state index contributed by atoms with van der Waals surface area (Å²) in [5.74, 6) is 0. The molecule has 0 aromatic rings. The van der Waals surface area contributed by atoms with E-state index in [4.69, 9.17) is 5.11 Å². The third-order valence-corrected chi connectivity index (χ3v) is 0. The lowest BCUT2D eigenvalue weighted by Crippen LogP contribution is -1.57. The summed E-state index contributed by atoms with van der Waals surface area (Å²) < 4.78 is 0. The van der Waals surface area contributed by atoms with E-state index >= 15 is 0 Å². The van der Waals surface area contributed by atoms with E-state index in [9.17, 15) is 0 Å². The third kappa shape index (κ3) is 2470. The fraction of sp³-hybridized carbons (Fsp3) is 1.00. The van der Waals surface area contributed by atoms with Gasteiger partial charge in [0.05, 0.1) is 0 Å². The minimum absolute atomic E-state index is 0. The molecule has 1 nitrogen and oxygen atoms in total. The maximum atomic E-state index is 7.57. The molecule has 0 heterocycles. The van der Waals surface area contributed by atoms with Crippen LogP contribution in [-0.4, -0.2) is 20.1 Å². The van der Waals surface area contributed by atoms with Crippen molar-refractivity contribution in [2.24, 2.45) is 0 Å². The molecule has 0 fully saturated rings. The van der Waals surface area contributed by atoms with Crippen LogP contribution in [-0.2, 0) is 0 Å². The third-order valence-electron chi connectivity index (χ3n) is 0. The quantitative estimate of drug-likeness (QED) is 0.445. The van der Waals surface area contributed by atoms with Gasteiger partial charge in [0.2, 0.25) is 0 Å². The first-order valence-electron chi connectivity index (χ1n) is 1.02. The highest BCUT2D eigenvalue weighted by Gasteiger charge is 1.34. The molecule has 0 saturated heterocycles. The smallest absolute Gasteiger partial charge is 0.0402 e. The predicted molar refractivity (Wildman–Crippen MR) is 26.0 cm³/mol. The Morgan fingerprint density at radius 2 is 1.14 bits per heavy atom. The van der Waals surface area contributed by atoms with Crippen LogP contribution < -0.4 is 0 Å². The normalized spacial score (nSPS) is 2.57. The van der Waals surface area contributed by atoms with E-state index in [1.54, 1.807) is 6.92 Å². The van der Waals surface area contributed by atoms with E-state index in [-0.39, 0.29) is 29.1 Å². The predicted octanol–water partition coefficient (Wildman–Crippen LogP) is 0.0753. The molecule has 47 valence electrons. The Bertz CT molecular complexity index is 12.9. The molecule has 0 aliphatic heterocycles. The summed E-state index contributed by atoms with van der Waals surface area (Å²) in [7, 11) is 0. The van der Waals surface area contributed by atoms with Gasteiger partial charge in [-0.1, -0.05) is 0 Å². The molecule has 0 aromatic carbocycles. The molecule has 0 aromatic heterocycles. The minimum atomic E-state index is 0. The van der Waals surface area contributed by atoms with Crippen LogP contribution in [0.1, 0.15) is 6.92 Å². The zero-order valence-electron chi connectivity index (χ0n) is 3.96. The molecule has 0 aliphatic carbocycles. The number of aliphatic hydroxyl groups is 1. The first kappa shape index (κ1) is 70.0. The lowest BCUT2D eigenvalue weighted by molar-refractivity contribution is 0.318. The van der Waals surface area contributed by atoms with Gasteiger partial charge in [-0.05, 0) is 6.92 Å². The average Bonchev–Trinajstić information content (AvgIpc) is 0.918. The molecule has 0 rings (SSSR count). The van der Waals surface area contributed by atoms with Gasteiger partial charge in [0.15, 0.2) is 0 Å².